The summed E-state index contributed by atoms with van der Waals surface area (Å²) in [4.78, 5) is 3.99. The third-order valence-corrected chi connectivity index (χ3v) is 2.34. The zero-order valence-electron chi connectivity index (χ0n) is 8.99. The van der Waals surface area contributed by atoms with Crippen LogP contribution in [0.5, 0.6) is 0 Å². The molecule has 0 bridgehead atoms. The highest BCUT2D eigenvalue weighted by Gasteiger charge is 2.00. The van der Waals surface area contributed by atoms with Gasteiger partial charge in [0.1, 0.15) is 5.82 Å². The first-order chi connectivity index (χ1) is 7.15. The number of benzene rings is 1. The van der Waals surface area contributed by atoms with Crippen LogP contribution in [0.2, 0.25) is 0 Å². The van der Waals surface area contributed by atoms with E-state index >= 15 is 0 Å². The van der Waals surface area contributed by atoms with Crippen LogP contribution in [0.3, 0.4) is 0 Å². The highest BCUT2D eigenvalue weighted by atomic mass is 14.8. The number of hydrogen-bond acceptors (Lipinski definition) is 2. The Hall–Kier alpha value is -1.83. The van der Waals surface area contributed by atoms with Gasteiger partial charge < -0.3 is 5.73 Å². The van der Waals surface area contributed by atoms with Gasteiger partial charge in [0, 0.05) is 6.20 Å². The Morgan fingerprint density at radius 2 is 1.60 bits per heavy atom. The van der Waals surface area contributed by atoms with Gasteiger partial charge in [0.15, 0.2) is 0 Å². The topological polar surface area (TPSA) is 38.9 Å². The fourth-order valence-electron chi connectivity index (χ4n) is 1.77. The summed E-state index contributed by atoms with van der Waals surface area (Å²) < 4.78 is 0. The number of nitrogens with zero attached hydrogens (tertiary/aromatic N) is 1. The van der Waals surface area contributed by atoms with E-state index in [1.54, 1.807) is 6.20 Å². The highest BCUT2D eigenvalue weighted by molar-refractivity contribution is 5.67. The van der Waals surface area contributed by atoms with Crippen LogP contribution < -0.4 is 5.73 Å². The summed E-state index contributed by atoms with van der Waals surface area (Å²) in [6.45, 7) is 4.20. The van der Waals surface area contributed by atoms with E-state index in [4.69, 9.17) is 5.73 Å². The van der Waals surface area contributed by atoms with Crippen molar-refractivity contribution in [2.75, 3.05) is 5.73 Å². The summed E-state index contributed by atoms with van der Waals surface area (Å²) >= 11 is 0. The fraction of sp³-hybridized carbons (Fsp3) is 0.154. The SMILES string of the molecule is Cc1cc(C)cc(-c2ccnc(N)c2)c1. The molecule has 2 rings (SSSR count). The molecule has 0 atom stereocenters. The summed E-state index contributed by atoms with van der Waals surface area (Å²) in [6.07, 6.45) is 1.74. The Morgan fingerprint density at radius 1 is 0.933 bits per heavy atom. The van der Waals surface area contributed by atoms with Gasteiger partial charge in [-0.3, -0.25) is 0 Å². The Kier molecular flexibility index (Phi) is 2.42. The van der Waals surface area contributed by atoms with Crippen LogP contribution in [0.15, 0.2) is 36.5 Å². The smallest absolute Gasteiger partial charge is 0.123 e. The van der Waals surface area contributed by atoms with Crippen LogP contribution in [-0.2, 0) is 0 Å². The minimum atomic E-state index is 0.562. The number of aryl methyl sites for hydroxylation is 2. The largest absolute Gasteiger partial charge is 0.384 e. The van der Waals surface area contributed by atoms with E-state index < -0.39 is 0 Å². The van der Waals surface area contributed by atoms with Crippen LogP contribution >= 0.6 is 0 Å². The Balaban J connectivity index is 2.54. The number of rotatable bonds is 1. The van der Waals surface area contributed by atoms with Crippen molar-refractivity contribution in [2.45, 2.75) is 13.8 Å². The Labute approximate surface area is 89.8 Å². The standard InChI is InChI=1S/C13H14N2/c1-9-5-10(2)7-12(6-9)11-3-4-15-13(14)8-11/h3-8H,1-2H3,(H2,14,15). The summed E-state index contributed by atoms with van der Waals surface area (Å²) in [5.74, 6) is 0.562. The van der Waals surface area contributed by atoms with E-state index in [9.17, 15) is 0 Å². The fourth-order valence-corrected chi connectivity index (χ4v) is 1.77. The maximum absolute atomic E-state index is 5.66. The van der Waals surface area contributed by atoms with E-state index in [-0.39, 0.29) is 0 Å². The Morgan fingerprint density at radius 3 is 2.20 bits per heavy atom. The first kappa shape index (κ1) is 9.71. The summed E-state index contributed by atoms with van der Waals surface area (Å²) in [5, 5.41) is 0. The second kappa shape index (κ2) is 3.73. The molecule has 0 unspecified atom stereocenters. The third-order valence-electron chi connectivity index (χ3n) is 2.34. The monoisotopic (exact) mass is 198 g/mol. The van der Waals surface area contributed by atoms with Crippen molar-refractivity contribution in [1.29, 1.82) is 0 Å². The van der Waals surface area contributed by atoms with Crippen LogP contribution in [0.4, 0.5) is 5.82 Å². The van der Waals surface area contributed by atoms with Crippen molar-refractivity contribution in [3.63, 3.8) is 0 Å². The quantitative estimate of drug-likeness (QED) is 0.765. The van der Waals surface area contributed by atoms with Crippen LogP contribution in [0, 0.1) is 13.8 Å². The van der Waals surface area contributed by atoms with Crippen molar-refractivity contribution in [1.82, 2.24) is 4.98 Å². The molecular weight excluding hydrogens is 184 g/mol. The lowest BCUT2D eigenvalue weighted by molar-refractivity contribution is 1.33. The molecule has 0 aliphatic carbocycles. The van der Waals surface area contributed by atoms with Crippen molar-refractivity contribution >= 4 is 5.82 Å². The molecule has 0 radical (unpaired) electrons. The van der Waals surface area contributed by atoms with Crippen LogP contribution in [-0.4, -0.2) is 4.98 Å². The third kappa shape index (κ3) is 2.15. The predicted octanol–water partition coefficient (Wildman–Crippen LogP) is 2.95. The van der Waals surface area contributed by atoms with Gasteiger partial charge in [-0.05, 0) is 37.1 Å². The van der Waals surface area contributed by atoms with Gasteiger partial charge in [-0.1, -0.05) is 29.3 Å². The van der Waals surface area contributed by atoms with E-state index in [1.807, 2.05) is 12.1 Å². The predicted molar refractivity (Wildman–Crippen MR) is 63.6 cm³/mol. The molecule has 0 spiro atoms. The molecule has 0 saturated heterocycles. The van der Waals surface area contributed by atoms with E-state index in [0.29, 0.717) is 5.82 Å². The van der Waals surface area contributed by atoms with Gasteiger partial charge in [-0.25, -0.2) is 4.98 Å². The van der Waals surface area contributed by atoms with Crippen molar-refractivity contribution < 1.29 is 0 Å². The van der Waals surface area contributed by atoms with E-state index in [2.05, 4.69) is 37.0 Å². The number of pyridine rings is 1. The number of nitrogens with two attached hydrogens (primary N) is 1. The van der Waals surface area contributed by atoms with Gasteiger partial charge >= 0.3 is 0 Å². The second-order valence-corrected chi connectivity index (χ2v) is 3.85. The summed E-state index contributed by atoms with van der Waals surface area (Å²) in [7, 11) is 0. The molecule has 2 nitrogen and oxygen atoms in total. The molecule has 0 saturated carbocycles. The molecule has 1 aromatic carbocycles. The molecule has 76 valence electrons. The lowest BCUT2D eigenvalue weighted by Crippen LogP contribution is -1.90. The Bertz CT molecular complexity index is 469. The second-order valence-electron chi connectivity index (χ2n) is 3.85. The minimum absolute atomic E-state index is 0.562. The van der Waals surface area contributed by atoms with Crippen LogP contribution in [0.25, 0.3) is 11.1 Å². The molecule has 2 aromatic rings. The molecule has 0 aliphatic heterocycles. The molecule has 0 amide bonds. The van der Waals surface area contributed by atoms with Gasteiger partial charge in [-0.15, -0.1) is 0 Å². The number of anilines is 1. The van der Waals surface area contributed by atoms with Crippen molar-refractivity contribution in [3.8, 4) is 11.1 Å². The lowest BCUT2D eigenvalue weighted by Gasteiger charge is -2.05. The first-order valence-corrected chi connectivity index (χ1v) is 4.95. The average Bonchev–Trinajstić information content (AvgIpc) is 2.16. The minimum Gasteiger partial charge on any atom is -0.384 e. The van der Waals surface area contributed by atoms with Gasteiger partial charge in [0.25, 0.3) is 0 Å². The molecule has 2 heteroatoms. The normalized spacial score (nSPS) is 10.3. The van der Waals surface area contributed by atoms with E-state index in [0.717, 1.165) is 5.56 Å². The first-order valence-electron chi connectivity index (χ1n) is 4.95. The van der Waals surface area contributed by atoms with E-state index in [1.165, 1.54) is 16.7 Å². The molecule has 15 heavy (non-hydrogen) atoms. The number of aromatic nitrogens is 1. The molecule has 1 aromatic heterocycles. The maximum Gasteiger partial charge on any atom is 0.123 e. The average molecular weight is 198 g/mol. The zero-order valence-corrected chi connectivity index (χ0v) is 8.99. The molecule has 0 fully saturated rings. The highest BCUT2D eigenvalue weighted by Crippen LogP contribution is 2.22. The van der Waals surface area contributed by atoms with Gasteiger partial charge in [0.2, 0.25) is 0 Å². The number of hydrogen-bond donors (Lipinski definition) is 1. The van der Waals surface area contributed by atoms with Crippen molar-refractivity contribution in [3.05, 3.63) is 47.7 Å². The van der Waals surface area contributed by atoms with Gasteiger partial charge in [0.05, 0.1) is 0 Å². The molecule has 0 aliphatic rings. The zero-order chi connectivity index (χ0) is 10.8. The summed E-state index contributed by atoms with van der Waals surface area (Å²) in [6, 6.07) is 10.3. The summed E-state index contributed by atoms with van der Waals surface area (Å²) in [5.41, 5.74) is 10.5. The number of nitrogen functional groups attached to an aromatic ring is 1. The maximum atomic E-state index is 5.66. The van der Waals surface area contributed by atoms with Gasteiger partial charge in [-0.2, -0.15) is 0 Å². The van der Waals surface area contributed by atoms with Crippen molar-refractivity contribution in [2.24, 2.45) is 0 Å². The lowest BCUT2D eigenvalue weighted by atomic mass is 10.0. The van der Waals surface area contributed by atoms with Crippen LogP contribution in [0.1, 0.15) is 11.1 Å². The molecule has 1 heterocycles. The molecular formula is C13H14N2. The molecule has 2 N–H and O–H groups in total.